The number of nitrogens with zero attached hydrogens (tertiary/aromatic N) is 1. The average molecular weight is 704 g/mol. The molecule has 10 aromatic rings. The first-order valence-corrected chi connectivity index (χ1v) is 19.1. The molecule has 0 atom stereocenters. The van der Waals surface area contributed by atoms with Crippen LogP contribution in [-0.4, -0.2) is 0 Å². The van der Waals surface area contributed by atoms with Gasteiger partial charge in [0, 0.05) is 33.1 Å². The maximum atomic E-state index is 6.25. The first-order chi connectivity index (χ1) is 27.0. The minimum atomic E-state index is -0.0750. The SMILES string of the molecule is CC1(C)c2ccccc2-c2cc(N(c3cccc(-c4cccc5c4ccc4ccccc45)c3)c3ccccc3-c3ccc4oc5ccccc5c4c3)ccc21. The zero-order chi connectivity index (χ0) is 36.7. The number of furan rings is 1. The van der Waals surface area contributed by atoms with Gasteiger partial charge in [0.05, 0.1) is 5.69 Å². The van der Waals surface area contributed by atoms with Gasteiger partial charge in [0.1, 0.15) is 11.2 Å². The first-order valence-electron chi connectivity index (χ1n) is 19.1. The highest BCUT2D eigenvalue weighted by Gasteiger charge is 2.35. The molecule has 11 rings (SSSR count). The molecule has 1 heterocycles. The molecule has 0 amide bonds. The van der Waals surface area contributed by atoms with E-state index in [1.165, 1.54) is 54.9 Å². The Bertz CT molecular complexity index is 3150. The third kappa shape index (κ3) is 4.88. The molecule has 260 valence electrons. The largest absolute Gasteiger partial charge is 0.456 e. The van der Waals surface area contributed by atoms with E-state index in [-0.39, 0.29) is 5.41 Å². The Labute approximate surface area is 320 Å². The van der Waals surface area contributed by atoms with Crippen molar-refractivity contribution in [2.24, 2.45) is 0 Å². The number of hydrogen-bond acceptors (Lipinski definition) is 2. The summed E-state index contributed by atoms with van der Waals surface area (Å²) < 4.78 is 6.25. The third-order valence-corrected chi connectivity index (χ3v) is 11.9. The quantitative estimate of drug-likeness (QED) is 0.166. The molecule has 0 saturated carbocycles. The zero-order valence-corrected chi connectivity index (χ0v) is 30.8. The Morgan fingerprint density at radius 3 is 1.98 bits per heavy atom. The van der Waals surface area contributed by atoms with E-state index in [1.54, 1.807) is 0 Å². The Balaban J connectivity index is 1.13. The Morgan fingerprint density at radius 1 is 0.382 bits per heavy atom. The molecule has 0 N–H and O–H groups in total. The van der Waals surface area contributed by atoms with Crippen LogP contribution in [0.4, 0.5) is 17.1 Å². The van der Waals surface area contributed by atoms with E-state index in [1.807, 2.05) is 12.1 Å². The maximum Gasteiger partial charge on any atom is 0.135 e. The fourth-order valence-electron chi connectivity index (χ4n) is 9.19. The van der Waals surface area contributed by atoms with Crippen LogP contribution >= 0.6 is 0 Å². The zero-order valence-electron chi connectivity index (χ0n) is 30.8. The van der Waals surface area contributed by atoms with Gasteiger partial charge in [0.2, 0.25) is 0 Å². The lowest BCUT2D eigenvalue weighted by molar-refractivity contribution is 0.660. The highest BCUT2D eigenvalue weighted by Crippen LogP contribution is 2.51. The molecule has 0 radical (unpaired) electrons. The standard InChI is InChI=1S/C53H37NO/c1-53(2)48-22-8-5-18-44(48)46-33-38(27-29-49(46)53)54(50-23-9-6-17-41(50)36-26-30-52-47(32-36)45-19-7-10-24-51(45)55-52)37-15-11-14-35(31-37)40-20-12-21-42-39-16-4-3-13-34(39)25-28-43(40)42/h3-33H,1-2H3. The maximum absolute atomic E-state index is 6.25. The van der Waals surface area contributed by atoms with Crippen LogP contribution in [0.3, 0.4) is 0 Å². The lowest BCUT2D eigenvalue weighted by atomic mass is 9.82. The topological polar surface area (TPSA) is 16.4 Å². The van der Waals surface area contributed by atoms with E-state index in [0.717, 1.165) is 50.1 Å². The van der Waals surface area contributed by atoms with Gasteiger partial charge in [-0.2, -0.15) is 0 Å². The lowest BCUT2D eigenvalue weighted by Crippen LogP contribution is -2.15. The molecule has 0 saturated heterocycles. The number of hydrogen-bond donors (Lipinski definition) is 0. The van der Waals surface area contributed by atoms with E-state index in [0.29, 0.717) is 0 Å². The molecule has 0 bridgehead atoms. The van der Waals surface area contributed by atoms with Crippen molar-refractivity contribution in [3.05, 3.63) is 199 Å². The summed E-state index contributed by atoms with van der Waals surface area (Å²) in [6, 6.07) is 68.6. The minimum Gasteiger partial charge on any atom is -0.456 e. The van der Waals surface area contributed by atoms with Gasteiger partial charge >= 0.3 is 0 Å². The Kier molecular flexibility index (Phi) is 6.93. The predicted octanol–water partition coefficient (Wildman–Crippen LogP) is 15.0. The van der Waals surface area contributed by atoms with Crippen molar-refractivity contribution in [1.29, 1.82) is 0 Å². The fourth-order valence-corrected chi connectivity index (χ4v) is 9.19. The van der Waals surface area contributed by atoms with Gasteiger partial charge in [-0.1, -0.05) is 153 Å². The smallest absolute Gasteiger partial charge is 0.135 e. The van der Waals surface area contributed by atoms with Crippen LogP contribution < -0.4 is 4.90 Å². The molecule has 9 aromatic carbocycles. The highest BCUT2D eigenvalue weighted by atomic mass is 16.3. The van der Waals surface area contributed by atoms with E-state index < -0.39 is 0 Å². The van der Waals surface area contributed by atoms with Crippen LogP contribution in [-0.2, 0) is 5.41 Å². The van der Waals surface area contributed by atoms with Crippen LogP contribution in [0.25, 0.3) is 76.9 Å². The summed E-state index contributed by atoms with van der Waals surface area (Å²) in [5.74, 6) is 0. The van der Waals surface area contributed by atoms with Crippen molar-refractivity contribution in [1.82, 2.24) is 0 Å². The van der Waals surface area contributed by atoms with Gasteiger partial charge in [0.25, 0.3) is 0 Å². The van der Waals surface area contributed by atoms with Gasteiger partial charge in [-0.25, -0.2) is 0 Å². The normalized spacial score (nSPS) is 13.1. The van der Waals surface area contributed by atoms with Gasteiger partial charge in [-0.3, -0.25) is 0 Å². The van der Waals surface area contributed by atoms with Crippen LogP contribution in [0.2, 0.25) is 0 Å². The lowest BCUT2D eigenvalue weighted by Gasteiger charge is -2.29. The van der Waals surface area contributed by atoms with Gasteiger partial charge < -0.3 is 9.32 Å². The molecule has 1 aliphatic rings. The summed E-state index contributed by atoms with van der Waals surface area (Å²) in [6.45, 7) is 4.69. The van der Waals surface area contributed by atoms with E-state index >= 15 is 0 Å². The monoisotopic (exact) mass is 703 g/mol. The molecule has 2 nitrogen and oxygen atoms in total. The van der Waals surface area contributed by atoms with E-state index in [4.69, 9.17) is 4.42 Å². The van der Waals surface area contributed by atoms with Crippen LogP contribution in [0.5, 0.6) is 0 Å². The number of anilines is 3. The third-order valence-electron chi connectivity index (χ3n) is 11.9. The number of benzene rings is 9. The Hall–Kier alpha value is -6.90. The van der Waals surface area contributed by atoms with Gasteiger partial charge in [0.15, 0.2) is 0 Å². The summed E-state index contributed by atoms with van der Waals surface area (Å²) in [5.41, 5.74) is 15.1. The van der Waals surface area contributed by atoms with Gasteiger partial charge in [-0.15, -0.1) is 0 Å². The van der Waals surface area contributed by atoms with Crippen LogP contribution in [0, 0.1) is 0 Å². The molecule has 0 spiro atoms. The fraction of sp³-hybridized carbons (Fsp3) is 0.0566. The summed E-state index contributed by atoms with van der Waals surface area (Å²) in [6.07, 6.45) is 0. The van der Waals surface area contributed by atoms with Crippen molar-refractivity contribution >= 4 is 60.5 Å². The van der Waals surface area contributed by atoms with Crippen LogP contribution in [0.1, 0.15) is 25.0 Å². The summed E-state index contributed by atoms with van der Waals surface area (Å²) >= 11 is 0. The second-order valence-electron chi connectivity index (χ2n) is 15.3. The van der Waals surface area contributed by atoms with Crippen molar-refractivity contribution in [2.45, 2.75) is 19.3 Å². The number of para-hydroxylation sites is 2. The number of rotatable bonds is 5. The summed E-state index contributed by atoms with van der Waals surface area (Å²) in [5, 5.41) is 7.30. The molecule has 0 unspecified atom stereocenters. The van der Waals surface area contributed by atoms with E-state index in [9.17, 15) is 0 Å². The molecule has 0 aliphatic heterocycles. The van der Waals surface area contributed by atoms with E-state index in [2.05, 4.69) is 195 Å². The molecule has 1 aromatic heterocycles. The Morgan fingerprint density at radius 2 is 1.05 bits per heavy atom. The molecule has 2 heteroatoms. The van der Waals surface area contributed by atoms with Crippen molar-refractivity contribution < 1.29 is 4.42 Å². The minimum absolute atomic E-state index is 0.0750. The molecular formula is C53H37NO. The summed E-state index contributed by atoms with van der Waals surface area (Å²) in [4.78, 5) is 2.45. The molecule has 1 aliphatic carbocycles. The van der Waals surface area contributed by atoms with Crippen molar-refractivity contribution in [3.63, 3.8) is 0 Å². The van der Waals surface area contributed by atoms with Crippen molar-refractivity contribution in [2.75, 3.05) is 4.90 Å². The second-order valence-corrected chi connectivity index (χ2v) is 15.3. The summed E-state index contributed by atoms with van der Waals surface area (Å²) in [7, 11) is 0. The highest BCUT2D eigenvalue weighted by molar-refractivity contribution is 6.12. The van der Waals surface area contributed by atoms with Crippen LogP contribution in [0.15, 0.2) is 192 Å². The molecule has 55 heavy (non-hydrogen) atoms. The second kappa shape index (κ2) is 12.1. The first kappa shape index (κ1) is 31.6. The average Bonchev–Trinajstić information content (AvgIpc) is 3.72. The van der Waals surface area contributed by atoms with Gasteiger partial charge in [-0.05, 0) is 109 Å². The predicted molar refractivity (Wildman–Crippen MR) is 232 cm³/mol. The number of fused-ring (bicyclic) bond motifs is 9. The molecular weight excluding hydrogens is 667 g/mol. The van der Waals surface area contributed by atoms with Crippen molar-refractivity contribution in [3.8, 4) is 33.4 Å². The molecule has 0 fully saturated rings.